The van der Waals surface area contributed by atoms with Gasteiger partial charge in [0.25, 0.3) is 5.56 Å². The van der Waals surface area contributed by atoms with Crippen LogP contribution in [0.3, 0.4) is 0 Å². The largest absolute Gasteiger partial charge is 0.494 e. The Morgan fingerprint density at radius 1 is 1.18 bits per heavy atom. The number of carbonyl (C=O) groups excluding carboxylic acids is 1. The first-order valence-corrected chi connectivity index (χ1v) is 9.14. The molecule has 150 valence electrons. The van der Waals surface area contributed by atoms with E-state index in [0.29, 0.717) is 30.0 Å². The Morgan fingerprint density at radius 3 is 2.36 bits per heavy atom. The maximum Gasteiger partial charge on any atom is 0.263 e. The second-order valence-corrected chi connectivity index (χ2v) is 7.08. The van der Waals surface area contributed by atoms with Crippen molar-refractivity contribution in [3.8, 4) is 17.4 Å². The topological polar surface area (TPSA) is 85.9 Å². The first kappa shape index (κ1) is 19.9. The van der Waals surface area contributed by atoms with E-state index < -0.39 is 11.6 Å². The van der Waals surface area contributed by atoms with Crippen molar-refractivity contribution < 1.29 is 19.4 Å². The van der Waals surface area contributed by atoms with Crippen molar-refractivity contribution in [3.63, 3.8) is 0 Å². The number of fused-ring (bicyclic) bond motifs is 1. The van der Waals surface area contributed by atoms with Gasteiger partial charge in [-0.3, -0.25) is 18.7 Å². The Hall–Kier alpha value is -2.81. The highest BCUT2D eigenvalue weighted by Crippen LogP contribution is 2.42. The summed E-state index contributed by atoms with van der Waals surface area (Å²) < 4.78 is 13.6. The second-order valence-electron chi connectivity index (χ2n) is 6.71. The Bertz CT molecular complexity index is 1070. The smallest absolute Gasteiger partial charge is 0.263 e. The number of ether oxygens (including phenoxy) is 2. The van der Waals surface area contributed by atoms with Crippen molar-refractivity contribution in [1.29, 1.82) is 0 Å². The zero-order valence-electron chi connectivity index (χ0n) is 16.5. The van der Waals surface area contributed by atoms with Gasteiger partial charge in [0.1, 0.15) is 5.56 Å². The number of amides is 1. The molecule has 0 saturated heterocycles. The lowest BCUT2D eigenvalue weighted by molar-refractivity contribution is -0.130. The minimum absolute atomic E-state index is 0.0990. The number of benzene rings is 1. The van der Waals surface area contributed by atoms with E-state index in [2.05, 4.69) is 0 Å². The fourth-order valence-electron chi connectivity index (χ4n) is 3.70. The molecule has 2 aromatic rings. The molecule has 28 heavy (non-hydrogen) atoms. The van der Waals surface area contributed by atoms with Crippen LogP contribution in [0.2, 0.25) is 0 Å². The summed E-state index contributed by atoms with van der Waals surface area (Å²) in [5.74, 6) is 0.598. The summed E-state index contributed by atoms with van der Waals surface area (Å²) in [7, 11) is 6.20. The van der Waals surface area contributed by atoms with E-state index >= 15 is 0 Å². The quantitative estimate of drug-likeness (QED) is 0.782. The molecule has 0 radical (unpaired) electrons. The lowest BCUT2D eigenvalue weighted by atomic mass is 9.88. The molecule has 3 rings (SSSR count). The number of rotatable bonds is 3. The summed E-state index contributed by atoms with van der Waals surface area (Å²) in [6.07, 6.45) is 0.595. The lowest BCUT2D eigenvalue weighted by Crippen LogP contribution is -2.42. The molecule has 0 fully saturated rings. The summed E-state index contributed by atoms with van der Waals surface area (Å²) in [5.41, 5.74) is 1.29. The minimum Gasteiger partial charge on any atom is -0.494 e. The van der Waals surface area contributed by atoms with Gasteiger partial charge < -0.3 is 19.5 Å². The molecule has 0 spiro atoms. The molecular formula is C19H23N3O5S. The van der Waals surface area contributed by atoms with E-state index in [1.165, 1.54) is 23.2 Å². The number of hydrogen-bond donors (Lipinski definition) is 1. The minimum atomic E-state index is -0.762. The van der Waals surface area contributed by atoms with Gasteiger partial charge in [-0.05, 0) is 41.9 Å². The summed E-state index contributed by atoms with van der Waals surface area (Å²) in [4.78, 5) is 27.0. The average Bonchev–Trinajstić information content (AvgIpc) is 2.69. The van der Waals surface area contributed by atoms with Crippen LogP contribution in [-0.4, -0.2) is 45.8 Å². The monoisotopic (exact) mass is 405 g/mol. The Kier molecular flexibility index (Phi) is 5.20. The van der Waals surface area contributed by atoms with Gasteiger partial charge in [-0.25, -0.2) is 0 Å². The van der Waals surface area contributed by atoms with E-state index in [1.54, 1.807) is 32.2 Å². The standard InChI is InChI=1S/C19H23N3O5S/c1-10(23)22-7-6-11-8-13(26-4)14(27-5)9-12(11)16(22)15-17(24)20(2)19(28)21(3)18(15)25/h8-9,16,24H,6-7H2,1-5H3/t16-/m0/s1. The van der Waals surface area contributed by atoms with Crippen LogP contribution in [0, 0.1) is 4.77 Å². The van der Waals surface area contributed by atoms with Crippen molar-refractivity contribution in [2.24, 2.45) is 14.1 Å². The number of aromatic nitrogens is 2. The van der Waals surface area contributed by atoms with Gasteiger partial charge in [-0.1, -0.05) is 0 Å². The normalized spacial score (nSPS) is 15.9. The zero-order valence-corrected chi connectivity index (χ0v) is 17.3. The first-order chi connectivity index (χ1) is 13.2. The molecule has 1 atom stereocenters. The molecule has 1 aromatic carbocycles. The molecule has 1 aromatic heterocycles. The average molecular weight is 405 g/mol. The first-order valence-electron chi connectivity index (χ1n) is 8.73. The number of aromatic hydroxyl groups is 1. The van der Waals surface area contributed by atoms with Crippen molar-refractivity contribution in [2.45, 2.75) is 19.4 Å². The van der Waals surface area contributed by atoms with E-state index in [1.807, 2.05) is 6.07 Å². The van der Waals surface area contributed by atoms with Crippen molar-refractivity contribution in [3.05, 3.63) is 43.9 Å². The number of methoxy groups -OCH3 is 2. The lowest BCUT2D eigenvalue weighted by Gasteiger charge is -2.37. The molecule has 2 heterocycles. The Morgan fingerprint density at radius 2 is 1.79 bits per heavy atom. The molecule has 1 N–H and O–H groups in total. The van der Waals surface area contributed by atoms with Crippen LogP contribution < -0.4 is 15.0 Å². The second kappa shape index (κ2) is 7.31. The molecule has 0 saturated carbocycles. The summed E-state index contributed by atoms with van der Waals surface area (Å²) in [5, 5.41) is 10.8. The van der Waals surface area contributed by atoms with Crippen LogP contribution in [0.4, 0.5) is 0 Å². The fraction of sp³-hybridized carbons (Fsp3) is 0.421. The van der Waals surface area contributed by atoms with E-state index in [0.717, 1.165) is 5.56 Å². The van der Waals surface area contributed by atoms with Gasteiger partial charge >= 0.3 is 0 Å². The molecule has 0 unspecified atom stereocenters. The van der Waals surface area contributed by atoms with Gasteiger partial charge in [0.15, 0.2) is 16.3 Å². The fourth-order valence-corrected chi connectivity index (χ4v) is 3.86. The number of carbonyl (C=O) groups is 1. The van der Waals surface area contributed by atoms with Crippen LogP contribution in [-0.2, 0) is 25.3 Å². The predicted molar refractivity (Wildman–Crippen MR) is 106 cm³/mol. The molecule has 1 aliphatic rings. The maximum absolute atomic E-state index is 13.0. The molecule has 0 bridgehead atoms. The van der Waals surface area contributed by atoms with Gasteiger partial charge in [0, 0.05) is 27.6 Å². The predicted octanol–water partition coefficient (Wildman–Crippen LogP) is 1.67. The number of hydrogen-bond acceptors (Lipinski definition) is 6. The highest BCUT2D eigenvalue weighted by molar-refractivity contribution is 7.71. The van der Waals surface area contributed by atoms with Crippen molar-refractivity contribution in [2.75, 3.05) is 20.8 Å². The zero-order chi connectivity index (χ0) is 20.7. The Labute approximate surface area is 167 Å². The highest BCUT2D eigenvalue weighted by Gasteiger charge is 2.36. The molecule has 8 nitrogen and oxygen atoms in total. The van der Waals surface area contributed by atoms with Crippen molar-refractivity contribution in [1.82, 2.24) is 14.0 Å². The van der Waals surface area contributed by atoms with Gasteiger partial charge in [-0.2, -0.15) is 0 Å². The van der Waals surface area contributed by atoms with Gasteiger partial charge in [-0.15, -0.1) is 0 Å². The molecule has 0 aliphatic carbocycles. The van der Waals surface area contributed by atoms with Gasteiger partial charge in [0.2, 0.25) is 11.8 Å². The van der Waals surface area contributed by atoms with E-state index in [-0.39, 0.29) is 22.1 Å². The summed E-state index contributed by atoms with van der Waals surface area (Å²) >= 11 is 5.21. The van der Waals surface area contributed by atoms with Gasteiger partial charge in [0.05, 0.1) is 20.3 Å². The van der Waals surface area contributed by atoms with Crippen molar-refractivity contribution >= 4 is 18.1 Å². The summed E-state index contributed by atoms with van der Waals surface area (Å²) in [6.45, 7) is 1.85. The van der Waals surface area contributed by atoms with Crippen LogP contribution in [0.5, 0.6) is 17.4 Å². The molecule has 1 aliphatic heterocycles. The third-order valence-electron chi connectivity index (χ3n) is 5.22. The maximum atomic E-state index is 13.0. The third kappa shape index (κ3) is 2.95. The van der Waals surface area contributed by atoms with Crippen LogP contribution in [0.15, 0.2) is 16.9 Å². The van der Waals surface area contributed by atoms with E-state index in [4.69, 9.17) is 21.7 Å². The van der Waals surface area contributed by atoms with Crippen LogP contribution in [0.1, 0.15) is 29.7 Å². The highest BCUT2D eigenvalue weighted by atomic mass is 32.1. The third-order valence-corrected chi connectivity index (χ3v) is 5.77. The Balaban J connectivity index is 2.38. The van der Waals surface area contributed by atoms with Crippen LogP contribution in [0.25, 0.3) is 0 Å². The number of nitrogens with zero attached hydrogens (tertiary/aromatic N) is 3. The molecular weight excluding hydrogens is 382 g/mol. The SMILES string of the molecule is COc1cc2c(cc1OC)[C@@H](c1c(O)n(C)c(=S)n(C)c1=O)N(C(C)=O)CC2. The summed E-state index contributed by atoms with van der Waals surface area (Å²) in [6, 6.07) is 2.84. The molecule has 1 amide bonds. The van der Waals surface area contributed by atoms with Crippen LogP contribution >= 0.6 is 12.2 Å². The molecule has 9 heteroatoms. The van der Waals surface area contributed by atoms with E-state index in [9.17, 15) is 14.7 Å².